The van der Waals surface area contributed by atoms with E-state index in [4.69, 9.17) is 0 Å². The summed E-state index contributed by atoms with van der Waals surface area (Å²) in [6, 6.07) is 14.4. The molecule has 3 heterocycles. The molecule has 2 N–H and O–H groups in total. The maximum absolute atomic E-state index is 13.8. The predicted molar refractivity (Wildman–Crippen MR) is 129 cm³/mol. The number of fused-ring (bicyclic) bond motifs is 1. The van der Waals surface area contributed by atoms with Crippen LogP contribution in [0.15, 0.2) is 72.9 Å². The Balaban J connectivity index is 1.42. The normalized spacial score (nSPS) is 11.5. The summed E-state index contributed by atoms with van der Waals surface area (Å²) in [6.45, 7) is 0. The molecule has 0 atom stereocenters. The van der Waals surface area contributed by atoms with Crippen molar-refractivity contribution in [2.45, 2.75) is 6.18 Å². The molecule has 0 saturated carbocycles. The topological polar surface area (TPSA) is 106 Å². The molecule has 0 saturated heterocycles. The van der Waals surface area contributed by atoms with E-state index in [-0.39, 0.29) is 34.0 Å². The van der Waals surface area contributed by atoms with Crippen LogP contribution < -0.4 is 10.6 Å². The van der Waals surface area contributed by atoms with Crippen LogP contribution in [0.5, 0.6) is 0 Å². The Morgan fingerprint density at radius 1 is 0.842 bits per heavy atom. The third kappa shape index (κ3) is 5.07. The summed E-state index contributed by atoms with van der Waals surface area (Å²) in [7, 11) is 1.67. The minimum Gasteiger partial charge on any atom is -0.321 e. The zero-order chi connectivity index (χ0) is 27.0. The van der Waals surface area contributed by atoms with E-state index >= 15 is 0 Å². The molecule has 0 aliphatic rings. The molecule has 13 heteroatoms. The first-order chi connectivity index (χ1) is 18.1. The van der Waals surface area contributed by atoms with Crippen molar-refractivity contribution < 1.29 is 27.2 Å². The van der Waals surface area contributed by atoms with E-state index in [9.17, 15) is 27.2 Å². The second kappa shape index (κ2) is 9.42. The summed E-state index contributed by atoms with van der Waals surface area (Å²) in [4.78, 5) is 29.4. The number of benzene rings is 2. The summed E-state index contributed by atoms with van der Waals surface area (Å²) in [5.41, 5.74) is -0.674. The van der Waals surface area contributed by atoms with Crippen LogP contribution in [-0.4, -0.2) is 36.2 Å². The van der Waals surface area contributed by atoms with Gasteiger partial charge in [-0.2, -0.15) is 23.4 Å². The number of aromatic nitrogens is 5. The Labute approximate surface area is 211 Å². The van der Waals surface area contributed by atoms with Gasteiger partial charge in [0.15, 0.2) is 22.7 Å². The lowest BCUT2D eigenvalue weighted by Crippen LogP contribution is -2.16. The molecule has 0 aliphatic heterocycles. The van der Waals surface area contributed by atoms with Gasteiger partial charge in [0.25, 0.3) is 11.8 Å². The van der Waals surface area contributed by atoms with Crippen molar-refractivity contribution in [1.82, 2.24) is 24.4 Å². The van der Waals surface area contributed by atoms with E-state index < -0.39 is 29.5 Å². The lowest BCUT2D eigenvalue weighted by atomic mass is 10.1. The third-order valence-electron chi connectivity index (χ3n) is 5.41. The zero-order valence-corrected chi connectivity index (χ0v) is 19.5. The molecule has 38 heavy (non-hydrogen) atoms. The minimum atomic E-state index is -4.81. The fraction of sp³-hybridized carbons (Fsp3) is 0.0800. The molecule has 0 fully saturated rings. The average molecular weight is 523 g/mol. The summed E-state index contributed by atoms with van der Waals surface area (Å²) >= 11 is 0. The van der Waals surface area contributed by atoms with Crippen LogP contribution in [-0.2, 0) is 13.2 Å². The van der Waals surface area contributed by atoms with Gasteiger partial charge in [-0.15, -0.1) is 0 Å². The highest BCUT2D eigenvalue weighted by Crippen LogP contribution is 2.32. The number of alkyl halides is 3. The van der Waals surface area contributed by atoms with E-state index in [1.807, 2.05) is 0 Å². The lowest BCUT2D eigenvalue weighted by molar-refractivity contribution is -0.142. The lowest BCUT2D eigenvalue weighted by Gasteiger charge is -2.11. The van der Waals surface area contributed by atoms with Crippen LogP contribution in [0.2, 0.25) is 0 Å². The van der Waals surface area contributed by atoms with Gasteiger partial charge in [-0.25, -0.2) is 13.9 Å². The van der Waals surface area contributed by atoms with Gasteiger partial charge in [0.1, 0.15) is 5.82 Å². The molecule has 0 spiro atoms. The summed E-state index contributed by atoms with van der Waals surface area (Å²) in [5, 5.41) is 13.0. The van der Waals surface area contributed by atoms with E-state index in [2.05, 4.69) is 25.8 Å². The van der Waals surface area contributed by atoms with E-state index in [0.29, 0.717) is 10.2 Å². The maximum Gasteiger partial charge on any atom is 0.433 e. The molecule has 2 aromatic carbocycles. The predicted octanol–water partition coefficient (Wildman–Crippen LogP) is 4.79. The van der Waals surface area contributed by atoms with Gasteiger partial charge in [0, 0.05) is 36.2 Å². The van der Waals surface area contributed by atoms with Gasteiger partial charge in [-0.1, -0.05) is 6.07 Å². The van der Waals surface area contributed by atoms with E-state index in [0.717, 1.165) is 24.3 Å². The molecule has 5 rings (SSSR count). The first kappa shape index (κ1) is 24.6. The first-order valence-electron chi connectivity index (χ1n) is 11.0. The van der Waals surface area contributed by atoms with Crippen molar-refractivity contribution in [2.24, 2.45) is 7.05 Å². The number of hydrogen-bond acceptors (Lipinski definition) is 5. The van der Waals surface area contributed by atoms with Crippen molar-refractivity contribution in [1.29, 1.82) is 0 Å². The molecule has 0 aliphatic carbocycles. The van der Waals surface area contributed by atoms with Crippen LogP contribution in [0.4, 0.5) is 28.9 Å². The number of halogens is 4. The molecule has 0 radical (unpaired) electrons. The molecule has 9 nitrogen and oxygen atoms in total. The monoisotopic (exact) mass is 523 g/mol. The van der Waals surface area contributed by atoms with Gasteiger partial charge < -0.3 is 10.6 Å². The molecule has 0 bridgehead atoms. The summed E-state index contributed by atoms with van der Waals surface area (Å²) in [6.07, 6.45) is -3.20. The van der Waals surface area contributed by atoms with Crippen molar-refractivity contribution in [3.8, 4) is 11.3 Å². The number of aryl methyl sites for hydroxylation is 1. The van der Waals surface area contributed by atoms with Crippen LogP contribution in [0.25, 0.3) is 16.9 Å². The number of nitrogens with one attached hydrogen (secondary N) is 2. The smallest absolute Gasteiger partial charge is 0.321 e. The molecule has 192 valence electrons. The quantitative estimate of drug-likeness (QED) is 0.322. The van der Waals surface area contributed by atoms with Crippen LogP contribution in [0, 0.1) is 5.82 Å². The van der Waals surface area contributed by atoms with Gasteiger partial charge in [-0.05, 0) is 54.6 Å². The van der Waals surface area contributed by atoms with Gasteiger partial charge in [-0.3, -0.25) is 14.3 Å². The van der Waals surface area contributed by atoms with Crippen LogP contribution in [0.1, 0.15) is 26.7 Å². The van der Waals surface area contributed by atoms with E-state index in [1.165, 1.54) is 35.0 Å². The minimum absolute atomic E-state index is 0.0620. The average Bonchev–Trinajstić information content (AvgIpc) is 3.50. The molecule has 0 unspecified atom stereocenters. The van der Waals surface area contributed by atoms with Gasteiger partial charge >= 0.3 is 6.18 Å². The summed E-state index contributed by atoms with van der Waals surface area (Å²) < 4.78 is 56.7. The molecular formula is C25H17F4N7O2. The zero-order valence-electron chi connectivity index (χ0n) is 19.5. The number of carbonyl (C=O) groups is 2. The molecule has 3 aromatic heterocycles. The Hall–Kier alpha value is -5.07. The highest BCUT2D eigenvalue weighted by Gasteiger charge is 2.35. The first-order valence-corrected chi connectivity index (χ1v) is 11.0. The fourth-order valence-corrected chi connectivity index (χ4v) is 3.66. The highest BCUT2D eigenvalue weighted by atomic mass is 19.4. The number of amides is 2. The van der Waals surface area contributed by atoms with Crippen molar-refractivity contribution >= 4 is 28.8 Å². The highest BCUT2D eigenvalue weighted by molar-refractivity contribution is 6.05. The number of nitrogens with zero attached hydrogens (tertiary/aromatic N) is 5. The fourth-order valence-electron chi connectivity index (χ4n) is 3.66. The Bertz CT molecular complexity index is 1670. The van der Waals surface area contributed by atoms with Gasteiger partial charge in [0.05, 0.1) is 5.69 Å². The van der Waals surface area contributed by atoms with Crippen LogP contribution in [0.3, 0.4) is 0 Å². The number of hydrogen-bond donors (Lipinski definition) is 2. The Morgan fingerprint density at radius 2 is 1.50 bits per heavy atom. The number of anilines is 2. The maximum atomic E-state index is 13.8. The Morgan fingerprint density at radius 3 is 2.11 bits per heavy atom. The van der Waals surface area contributed by atoms with Crippen LogP contribution >= 0.6 is 0 Å². The summed E-state index contributed by atoms with van der Waals surface area (Å²) in [5.74, 6) is -1.80. The van der Waals surface area contributed by atoms with Crippen molar-refractivity contribution in [3.63, 3.8) is 0 Å². The van der Waals surface area contributed by atoms with Crippen molar-refractivity contribution in [3.05, 3.63) is 95.8 Å². The number of carbonyl (C=O) groups excluding carboxylic acids is 2. The second-order valence-corrected chi connectivity index (χ2v) is 8.19. The largest absolute Gasteiger partial charge is 0.433 e. The molecular weight excluding hydrogens is 506 g/mol. The molecule has 5 aromatic rings. The number of rotatable bonds is 5. The Kier molecular flexibility index (Phi) is 6.11. The van der Waals surface area contributed by atoms with E-state index in [1.54, 1.807) is 25.4 Å². The molecule has 2 amide bonds. The standard InChI is InChI=1S/C25H17F4N7O2/c1-35-10-9-18(33-35)23(37)30-16-3-2-4-17(11-16)31-24(38)20-13-22-32-19(14-5-7-15(26)8-6-14)12-21(25(27,28)29)36(22)34-20/h2-13H,1H3,(H,30,37)(H,31,38). The van der Waals surface area contributed by atoms with Crippen molar-refractivity contribution in [2.75, 3.05) is 10.6 Å². The van der Waals surface area contributed by atoms with Gasteiger partial charge in [0.2, 0.25) is 0 Å². The SMILES string of the molecule is Cn1ccc(C(=O)Nc2cccc(NC(=O)c3cc4nc(-c5ccc(F)cc5)cc(C(F)(F)F)n4n3)c2)n1. The second-order valence-electron chi connectivity index (χ2n) is 8.19. The third-order valence-corrected chi connectivity index (χ3v) is 5.41.